The van der Waals surface area contributed by atoms with Crippen LogP contribution in [-0.2, 0) is 19.7 Å². The van der Waals surface area contributed by atoms with Gasteiger partial charge in [0, 0.05) is 17.7 Å². The zero-order chi connectivity index (χ0) is 27.9. The molecule has 0 radical (unpaired) electrons. The van der Waals surface area contributed by atoms with Crippen molar-refractivity contribution < 1.29 is 26.4 Å². The molecule has 0 unspecified atom stereocenters. The third kappa shape index (κ3) is 8.72. The quantitative estimate of drug-likeness (QED) is 0.242. The fraction of sp³-hybridized carbons (Fsp3) is 0.286. The minimum absolute atomic E-state index is 0. The standard InChI is InChI=1S/C28H32N2O6S2.ClH/c1-20-4-12-25(13-5-20)37(33,34)18-24(19-38(35,36)26-14-6-21(2)7-15-26)27(31)22-8-10-23(11-9-22)28(32)30-17-3-16-29;/h4-15,24H,3,16-19,29H2,1-2H3,(H,30,32);1H. The largest absolute Gasteiger partial charge is 0.352 e. The van der Waals surface area contributed by atoms with Crippen LogP contribution in [0.15, 0.2) is 82.6 Å². The number of aryl methyl sites for hydroxylation is 2. The molecular weight excluding hydrogens is 560 g/mol. The number of amides is 1. The van der Waals surface area contributed by atoms with Crippen molar-refractivity contribution in [3.8, 4) is 0 Å². The number of nitrogens with two attached hydrogens (primary N) is 1. The van der Waals surface area contributed by atoms with Crippen LogP contribution in [0.4, 0.5) is 0 Å². The third-order valence-electron chi connectivity index (χ3n) is 6.07. The number of hydrogen-bond acceptors (Lipinski definition) is 7. The lowest BCUT2D eigenvalue weighted by Crippen LogP contribution is -2.31. The van der Waals surface area contributed by atoms with Gasteiger partial charge in [0.05, 0.1) is 27.2 Å². The minimum atomic E-state index is -3.98. The zero-order valence-electron chi connectivity index (χ0n) is 21.8. The molecule has 1 amide bonds. The summed E-state index contributed by atoms with van der Waals surface area (Å²) in [6, 6.07) is 18.1. The molecule has 3 N–H and O–H groups in total. The van der Waals surface area contributed by atoms with Crippen molar-refractivity contribution in [3.63, 3.8) is 0 Å². The fourth-order valence-electron chi connectivity index (χ4n) is 3.84. The van der Waals surface area contributed by atoms with Gasteiger partial charge in [-0.2, -0.15) is 0 Å². The summed E-state index contributed by atoms with van der Waals surface area (Å²) in [6.45, 7) is 4.48. The van der Waals surface area contributed by atoms with Gasteiger partial charge >= 0.3 is 0 Å². The Morgan fingerprint density at radius 1 is 0.718 bits per heavy atom. The number of halogens is 1. The highest BCUT2D eigenvalue weighted by molar-refractivity contribution is 7.92. The second-order valence-electron chi connectivity index (χ2n) is 9.23. The van der Waals surface area contributed by atoms with E-state index in [-0.39, 0.29) is 33.7 Å². The molecule has 3 aromatic rings. The van der Waals surface area contributed by atoms with Crippen LogP contribution in [0.3, 0.4) is 0 Å². The number of hydrogen-bond donors (Lipinski definition) is 2. The van der Waals surface area contributed by atoms with Crippen LogP contribution in [0.5, 0.6) is 0 Å². The van der Waals surface area contributed by atoms with Gasteiger partial charge in [0.25, 0.3) is 5.91 Å². The zero-order valence-corrected chi connectivity index (χ0v) is 24.2. The Bertz CT molecular complexity index is 1410. The van der Waals surface area contributed by atoms with E-state index in [2.05, 4.69) is 5.32 Å². The van der Waals surface area contributed by atoms with Crippen molar-refractivity contribution in [2.24, 2.45) is 11.7 Å². The molecule has 210 valence electrons. The number of rotatable bonds is 12. The number of ketones is 1. The highest BCUT2D eigenvalue weighted by Crippen LogP contribution is 2.23. The Balaban J connectivity index is 0.00000533. The van der Waals surface area contributed by atoms with Crippen LogP contribution in [0.1, 0.15) is 38.3 Å². The molecule has 39 heavy (non-hydrogen) atoms. The van der Waals surface area contributed by atoms with E-state index >= 15 is 0 Å². The van der Waals surface area contributed by atoms with Crippen molar-refractivity contribution in [2.45, 2.75) is 30.1 Å². The van der Waals surface area contributed by atoms with Crippen LogP contribution < -0.4 is 11.1 Å². The lowest BCUT2D eigenvalue weighted by molar-refractivity contribution is 0.0935. The van der Waals surface area contributed by atoms with Gasteiger partial charge in [-0.3, -0.25) is 9.59 Å². The molecule has 0 fully saturated rings. The second kappa shape index (κ2) is 13.8. The molecule has 0 atom stereocenters. The molecule has 0 saturated carbocycles. The molecular formula is C28H33ClN2O6S2. The first-order valence-corrected chi connectivity index (χ1v) is 15.4. The highest BCUT2D eigenvalue weighted by Gasteiger charge is 2.32. The lowest BCUT2D eigenvalue weighted by Gasteiger charge is -2.17. The normalized spacial score (nSPS) is 11.6. The van der Waals surface area contributed by atoms with Gasteiger partial charge in [0.15, 0.2) is 25.5 Å². The number of carbonyl (C=O) groups excluding carboxylic acids is 2. The van der Waals surface area contributed by atoms with E-state index in [0.717, 1.165) is 11.1 Å². The van der Waals surface area contributed by atoms with E-state index in [4.69, 9.17) is 5.73 Å². The van der Waals surface area contributed by atoms with Crippen molar-refractivity contribution >= 4 is 43.8 Å². The van der Waals surface area contributed by atoms with Crippen molar-refractivity contribution in [2.75, 3.05) is 24.6 Å². The number of sulfone groups is 2. The van der Waals surface area contributed by atoms with E-state index in [1.54, 1.807) is 24.3 Å². The van der Waals surface area contributed by atoms with Crippen LogP contribution in [-0.4, -0.2) is 53.1 Å². The Morgan fingerprint density at radius 2 is 1.13 bits per heavy atom. The Morgan fingerprint density at radius 3 is 1.54 bits per heavy atom. The van der Waals surface area contributed by atoms with E-state index in [1.165, 1.54) is 48.5 Å². The molecule has 0 heterocycles. The number of Topliss-reactive ketones (excluding diaryl/α,β-unsaturated/α-hetero) is 1. The summed E-state index contributed by atoms with van der Waals surface area (Å²) in [7, 11) is -7.97. The molecule has 11 heteroatoms. The SMILES string of the molecule is Cc1ccc(S(=O)(=O)CC(CS(=O)(=O)c2ccc(C)cc2)C(=O)c2ccc(C(=O)NCCCN)cc2)cc1.Cl. The minimum Gasteiger partial charge on any atom is -0.352 e. The molecule has 0 aromatic heterocycles. The fourth-order valence-corrected chi connectivity index (χ4v) is 7.07. The maximum Gasteiger partial charge on any atom is 0.251 e. The number of benzene rings is 3. The highest BCUT2D eigenvalue weighted by atomic mass is 35.5. The van der Waals surface area contributed by atoms with Gasteiger partial charge in [-0.05, 0) is 63.2 Å². The van der Waals surface area contributed by atoms with Crippen LogP contribution in [0.25, 0.3) is 0 Å². The third-order valence-corrected chi connectivity index (χ3v) is 9.73. The molecule has 0 spiro atoms. The summed E-state index contributed by atoms with van der Waals surface area (Å²) in [6.07, 6.45) is 0.620. The number of nitrogens with one attached hydrogen (secondary N) is 1. The van der Waals surface area contributed by atoms with Gasteiger partial charge < -0.3 is 11.1 Å². The van der Waals surface area contributed by atoms with Gasteiger partial charge in [-0.25, -0.2) is 16.8 Å². The van der Waals surface area contributed by atoms with Crippen LogP contribution in [0, 0.1) is 19.8 Å². The maximum atomic E-state index is 13.5. The Kier molecular flexibility index (Phi) is 11.4. The van der Waals surface area contributed by atoms with Crippen molar-refractivity contribution in [1.82, 2.24) is 5.32 Å². The first kappa shape index (κ1) is 32.2. The van der Waals surface area contributed by atoms with E-state index in [1.807, 2.05) is 13.8 Å². The average molecular weight is 593 g/mol. The summed E-state index contributed by atoms with van der Waals surface area (Å²) in [5.41, 5.74) is 7.60. The molecule has 3 rings (SSSR count). The summed E-state index contributed by atoms with van der Waals surface area (Å²) in [5.74, 6) is -3.69. The van der Waals surface area contributed by atoms with E-state index < -0.39 is 42.9 Å². The lowest BCUT2D eigenvalue weighted by atomic mass is 9.99. The van der Waals surface area contributed by atoms with Gasteiger partial charge in [-0.1, -0.05) is 47.5 Å². The molecule has 0 aliphatic carbocycles. The molecule has 0 bridgehead atoms. The monoisotopic (exact) mass is 592 g/mol. The van der Waals surface area contributed by atoms with E-state index in [0.29, 0.717) is 25.1 Å². The van der Waals surface area contributed by atoms with Crippen molar-refractivity contribution in [1.29, 1.82) is 0 Å². The van der Waals surface area contributed by atoms with Crippen LogP contribution in [0.2, 0.25) is 0 Å². The first-order chi connectivity index (χ1) is 17.9. The maximum absolute atomic E-state index is 13.5. The summed E-state index contributed by atoms with van der Waals surface area (Å²) in [4.78, 5) is 25.8. The molecule has 8 nitrogen and oxygen atoms in total. The van der Waals surface area contributed by atoms with Crippen LogP contribution >= 0.6 is 12.4 Å². The Labute approximate surface area is 236 Å². The van der Waals surface area contributed by atoms with Gasteiger partial charge in [0.1, 0.15) is 0 Å². The first-order valence-electron chi connectivity index (χ1n) is 12.1. The topological polar surface area (TPSA) is 140 Å². The second-order valence-corrected chi connectivity index (χ2v) is 13.3. The molecule has 3 aromatic carbocycles. The molecule has 0 aliphatic heterocycles. The predicted octanol–water partition coefficient (Wildman–Crippen LogP) is 3.55. The average Bonchev–Trinajstić information content (AvgIpc) is 2.88. The summed E-state index contributed by atoms with van der Waals surface area (Å²) in [5, 5.41) is 2.72. The molecule has 0 aliphatic rings. The number of carbonyl (C=O) groups is 2. The van der Waals surface area contributed by atoms with Crippen molar-refractivity contribution in [3.05, 3.63) is 95.1 Å². The van der Waals surface area contributed by atoms with E-state index in [9.17, 15) is 26.4 Å². The molecule has 0 saturated heterocycles. The smallest absolute Gasteiger partial charge is 0.251 e. The van der Waals surface area contributed by atoms with Gasteiger partial charge in [0.2, 0.25) is 0 Å². The summed E-state index contributed by atoms with van der Waals surface area (Å²) < 4.78 is 52.9. The van der Waals surface area contributed by atoms with Gasteiger partial charge in [-0.15, -0.1) is 12.4 Å². The summed E-state index contributed by atoms with van der Waals surface area (Å²) >= 11 is 0. The Hall–Kier alpha value is -3.05. The predicted molar refractivity (Wildman–Crippen MR) is 154 cm³/mol.